The van der Waals surface area contributed by atoms with Crippen LogP contribution in [0.5, 0.6) is 17.6 Å². The van der Waals surface area contributed by atoms with E-state index in [1.54, 1.807) is 6.20 Å². The Bertz CT molecular complexity index is 517. The predicted molar refractivity (Wildman–Crippen MR) is 70.5 cm³/mol. The first-order valence-electron chi connectivity index (χ1n) is 4.69. The highest BCUT2D eigenvalue weighted by Gasteiger charge is 2.06. The SMILES string of the molecule is COc1nc(Oc2ccc(Br)cc2)ncc1Br. The van der Waals surface area contributed by atoms with E-state index in [4.69, 9.17) is 9.47 Å². The number of methoxy groups -OCH3 is 1. The van der Waals surface area contributed by atoms with E-state index in [0.717, 1.165) is 4.47 Å². The Labute approximate surface area is 115 Å². The second-order valence-corrected chi connectivity index (χ2v) is 4.84. The first-order valence-corrected chi connectivity index (χ1v) is 6.27. The van der Waals surface area contributed by atoms with Crippen LogP contribution in [0.4, 0.5) is 0 Å². The van der Waals surface area contributed by atoms with Crippen molar-refractivity contribution in [2.45, 2.75) is 0 Å². The summed E-state index contributed by atoms with van der Waals surface area (Å²) in [6.45, 7) is 0. The summed E-state index contributed by atoms with van der Waals surface area (Å²) in [5.41, 5.74) is 0. The third kappa shape index (κ3) is 3.17. The van der Waals surface area contributed by atoms with Gasteiger partial charge in [0.1, 0.15) is 5.75 Å². The van der Waals surface area contributed by atoms with Crippen molar-refractivity contribution >= 4 is 31.9 Å². The molecule has 2 aromatic rings. The number of aromatic nitrogens is 2. The summed E-state index contributed by atoms with van der Waals surface area (Å²) >= 11 is 6.62. The van der Waals surface area contributed by atoms with E-state index in [2.05, 4.69) is 41.8 Å². The number of nitrogens with zero attached hydrogens (tertiary/aromatic N) is 2. The van der Waals surface area contributed by atoms with Crippen LogP contribution in [0.25, 0.3) is 0 Å². The third-order valence-electron chi connectivity index (χ3n) is 1.91. The van der Waals surface area contributed by atoms with Gasteiger partial charge < -0.3 is 9.47 Å². The molecular weight excluding hydrogens is 352 g/mol. The summed E-state index contributed by atoms with van der Waals surface area (Å²) in [6, 6.07) is 7.65. The molecule has 1 heterocycles. The molecule has 0 bridgehead atoms. The maximum absolute atomic E-state index is 5.49. The minimum absolute atomic E-state index is 0.243. The number of rotatable bonds is 3. The fraction of sp³-hybridized carbons (Fsp3) is 0.0909. The van der Waals surface area contributed by atoms with Crippen molar-refractivity contribution in [1.82, 2.24) is 9.97 Å². The van der Waals surface area contributed by atoms with Crippen LogP contribution in [0.3, 0.4) is 0 Å². The van der Waals surface area contributed by atoms with Gasteiger partial charge in [0.25, 0.3) is 0 Å². The Balaban J connectivity index is 2.21. The van der Waals surface area contributed by atoms with Crippen molar-refractivity contribution < 1.29 is 9.47 Å². The number of benzene rings is 1. The van der Waals surface area contributed by atoms with Gasteiger partial charge in [0.05, 0.1) is 17.8 Å². The van der Waals surface area contributed by atoms with E-state index in [9.17, 15) is 0 Å². The molecule has 4 nitrogen and oxygen atoms in total. The first kappa shape index (κ1) is 12.3. The van der Waals surface area contributed by atoms with Crippen molar-refractivity contribution in [3.05, 3.63) is 39.4 Å². The van der Waals surface area contributed by atoms with Gasteiger partial charge in [-0.1, -0.05) is 15.9 Å². The standard InChI is InChI=1S/C11H8Br2N2O2/c1-16-10-9(13)6-14-11(15-10)17-8-4-2-7(12)3-5-8/h2-6H,1H3. The highest BCUT2D eigenvalue weighted by molar-refractivity contribution is 9.10. The molecule has 0 atom stereocenters. The van der Waals surface area contributed by atoms with Crippen molar-refractivity contribution in [1.29, 1.82) is 0 Å². The Morgan fingerprint density at radius 2 is 1.82 bits per heavy atom. The van der Waals surface area contributed by atoms with Crippen LogP contribution >= 0.6 is 31.9 Å². The maximum Gasteiger partial charge on any atom is 0.325 e. The number of hydrogen-bond acceptors (Lipinski definition) is 4. The van der Waals surface area contributed by atoms with Gasteiger partial charge in [-0.05, 0) is 40.2 Å². The molecule has 0 unspecified atom stereocenters. The highest BCUT2D eigenvalue weighted by atomic mass is 79.9. The zero-order valence-electron chi connectivity index (χ0n) is 8.85. The molecule has 88 valence electrons. The summed E-state index contributed by atoms with van der Waals surface area (Å²) < 4.78 is 12.2. The molecule has 0 saturated heterocycles. The summed E-state index contributed by atoms with van der Waals surface area (Å²) in [6.07, 6.45) is 1.58. The van der Waals surface area contributed by atoms with Crippen LogP contribution in [0, 0.1) is 0 Å². The lowest BCUT2D eigenvalue weighted by Crippen LogP contribution is -1.95. The van der Waals surface area contributed by atoms with Crippen LogP contribution in [0.2, 0.25) is 0 Å². The summed E-state index contributed by atoms with van der Waals surface area (Å²) in [5.74, 6) is 1.10. The van der Waals surface area contributed by atoms with Crippen LogP contribution in [-0.4, -0.2) is 17.1 Å². The maximum atomic E-state index is 5.49. The number of halogens is 2. The van der Waals surface area contributed by atoms with Gasteiger partial charge in [-0.3, -0.25) is 0 Å². The smallest absolute Gasteiger partial charge is 0.325 e. The zero-order valence-corrected chi connectivity index (χ0v) is 12.0. The largest absolute Gasteiger partial charge is 0.480 e. The monoisotopic (exact) mass is 358 g/mol. The average Bonchev–Trinajstić information content (AvgIpc) is 2.34. The number of hydrogen-bond donors (Lipinski definition) is 0. The highest BCUT2D eigenvalue weighted by Crippen LogP contribution is 2.26. The van der Waals surface area contributed by atoms with E-state index in [1.165, 1.54) is 7.11 Å². The molecule has 17 heavy (non-hydrogen) atoms. The van der Waals surface area contributed by atoms with Gasteiger partial charge >= 0.3 is 6.01 Å². The van der Waals surface area contributed by atoms with Crippen molar-refractivity contribution in [3.8, 4) is 17.6 Å². The molecule has 0 aliphatic rings. The molecule has 6 heteroatoms. The minimum Gasteiger partial charge on any atom is -0.480 e. The molecule has 0 saturated carbocycles. The fourth-order valence-electron chi connectivity index (χ4n) is 1.14. The Hall–Kier alpha value is -1.14. The van der Waals surface area contributed by atoms with Gasteiger partial charge in [0, 0.05) is 4.47 Å². The molecule has 0 fully saturated rings. The van der Waals surface area contributed by atoms with Crippen molar-refractivity contribution in [2.24, 2.45) is 0 Å². The van der Waals surface area contributed by atoms with E-state index < -0.39 is 0 Å². The fourth-order valence-corrected chi connectivity index (χ4v) is 1.75. The predicted octanol–water partition coefficient (Wildman–Crippen LogP) is 3.80. The molecule has 1 aromatic heterocycles. The van der Waals surface area contributed by atoms with Crippen molar-refractivity contribution in [3.63, 3.8) is 0 Å². The van der Waals surface area contributed by atoms with Crippen LogP contribution in [0.15, 0.2) is 39.4 Å². The lowest BCUT2D eigenvalue weighted by molar-refractivity contribution is 0.373. The molecular formula is C11H8Br2N2O2. The molecule has 2 rings (SSSR count). The average molecular weight is 360 g/mol. The van der Waals surface area contributed by atoms with E-state index in [0.29, 0.717) is 16.1 Å². The van der Waals surface area contributed by atoms with E-state index in [1.807, 2.05) is 24.3 Å². The van der Waals surface area contributed by atoms with E-state index >= 15 is 0 Å². The van der Waals surface area contributed by atoms with Crippen LogP contribution < -0.4 is 9.47 Å². The Morgan fingerprint density at radius 1 is 1.12 bits per heavy atom. The third-order valence-corrected chi connectivity index (χ3v) is 2.98. The minimum atomic E-state index is 0.243. The van der Waals surface area contributed by atoms with Gasteiger partial charge in [-0.25, -0.2) is 4.98 Å². The molecule has 0 aliphatic carbocycles. The van der Waals surface area contributed by atoms with Gasteiger partial charge in [-0.15, -0.1) is 0 Å². The van der Waals surface area contributed by atoms with Crippen LogP contribution in [0.1, 0.15) is 0 Å². The van der Waals surface area contributed by atoms with Gasteiger partial charge in [0.15, 0.2) is 0 Å². The normalized spacial score (nSPS) is 10.1. The molecule has 0 radical (unpaired) electrons. The second-order valence-electron chi connectivity index (χ2n) is 3.07. The molecule has 1 aromatic carbocycles. The number of ether oxygens (including phenoxy) is 2. The summed E-state index contributed by atoms with van der Waals surface area (Å²) in [7, 11) is 1.54. The Morgan fingerprint density at radius 3 is 2.47 bits per heavy atom. The van der Waals surface area contributed by atoms with Crippen molar-refractivity contribution in [2.75, 3.05) is 7.11 Å². The molecule has 0 N–H and O–H groups in total. The quantitative estimate of drug-likeness (QED) is 0.835. The summed E-state index contributed by atoms with van der Waals surface area (Å²) in [5, 5.41) is 0. The van der Waals surface area contributed by atoms with Gasteiger partial charge in [-0.2, -0.15) is 4.98 Å². The zero-order chi connectivity index (χ0) is 12.3. The second kappa shape index (κ2) is 5.46. The topological polar surface area (TPSA) is 44.2 Å². The lowest BCUT2D eigenvalue weighted by atomic mass is 10.3. The molecule has 0 spiro atoms. The summed E-state index contributed by atoms with van der Waals surface area (Å²) in [4.78, 5) is 8.13. The lowest BCUT2D eigenvalue weighted by Gasteiger charge is -2.06. The molecule has 0 amide bonds. The van der Waals surface area contributed by atoms with Gasteiger partial charge in [0.2, 0.25) is 5.88 Å². The van der Waals surface area contributed by atoms with E-state index in [-0.39, 0.29) is 6.01 Å². The van der Waals surface area contributed by atoms with Crippen LogP contribution in [-0.2, 0) is 0 Å². The Kier molecular flexibility index (Phi) is 3.96. The molecule has 0 aliphatic heterocycles. The first-order chi connectivity index (χ1) is 8.19.